The average Bonchev–Trinajstić information content (AvgIpc) is 2.59. The Morgan fingerprint density at radius 3 is 2.65 bits per heavy atom. The molecule has 0 aromatic carbocycles. The Balaban J connectivity index is 2.05. The highest BCUT2D eigenvalue weighted by Crippen LogP contribution is 2.23. The summed E-state index contributed by atoms with van der Waals surface area (Å²) in [6, 6.07) is 0. The molecule has 0 spiro atoms. The molecular formula is C12H18N2O2S. The second-order valence-electron chi connectivity index (χ2n) is 4.62. The molecule has 0 unspecified atom stereocenters. The Morgan fingerprint density at radius 2 is 2.12 bits per heavy atom. The van der Waals surface area contributed by atoms with Crippen molar-refractivity contribution in [2.45, 2.75) is 38.6 Å². The Labute approximate surface area is 105 Å². The summed E-state index contributed by atoms with van der Waals surface area (Å²) in [5.74, 6) is 0.0922. The molecule has 0 radical (unpaired) electrons. The minimum atomic E-state index is -0.703. The van der Waals surface area contributed by atoms with E-state index in [1.165, 1.54) is 4.88 Å². The van der Waals surface area contributed by atoms with Crippen molar-refractivity contribution >= 4 is 17.1 Å². The third kappa shape index (κ3) is 2.73. The van der Waals surface area contributed by atoms with Crippen LogP contribution < -0.4 is 5.73 Å². The van der Waals surface area contributed by atoms with Gasteiger partial charge in [0.05, 0.1) is 17.7 Å². The molecule has 0 aliphatic carbocycles. The first kappa shape index (κ1) is 12.7. The van der Waals surface area contributed by atoms with Crippen LogP contribution in [0, 0.1) is 13.8 Å². The number of aryl methyl sites for hydroxylation is 2. The Bertz CT molecular complexity index is 403. The highest BCUT2D eigenvalue weighted by atomic mass is 32.1. The van der Waals surface area contributed by atoms with Crippen LogP contribution in [0.5, 0.6) is 0 Å². The molecule has 0 atom stereocenters. The Morgan fingerprint density at radius 1 is 1.47 bits per heavy atom. The molecular weight excluding hydrogens is 236 g/mol. The zero-order chi connectivity index (χ0) is 12.5. The minimum Gasteiger partial charge on any atom is -0.381 e. The van der Waals surface area contributed by atoms with Gasteiger partial charge in [0.25, 0.3) is 0 Å². The lowest BCUT2D eigenvalue weighted by Crippen LogP contribution is -2.52. The molecule has 0 bridgehead atoms. The Hall–Kier alpha value is -0.780. The van der Waals surface area contributed by atoms with E-state index >= 15 is 0 Å². The van der Waals surface area contributed by atoms with Crippen LogP contribution in [-0.4, -0.2) is 29.5 Å². The van der Waals surface area contributed by atoms with E-state index in [0.717, 1.165) is 10.7 Å². The number of rotatable bonds is 3. The van der Waals surface area contributed by atoms with Gasteiger partial charge < -0.3 is 10.5 Å². The van der Waals surface area contributed by atoms with Crippen molar-refractivity contribution in [2.24, 2.45) is 5.73 Å². The second kappa shape index (κ2) is 4.84. The molecule has 2 heterocycles. The molecule has 5 heteroatoms. The van der Waals surface area contributed by atoms with Crippen LogP contribution in [0.25, 0.3) is 0 Å². The first-order valence-corrected chi connectivity index (χ1v) is 6.66. The third-order valence-corrected chi connectivity index (χ3v) is 4.40. The smallest absolute Gasteiger partial charge is 0.159 e. The normalized spacial score (nSPS) is 19.2. The molecule has 1 aromatic rings. The fraction of sp³-hybridized carbons (Fsp3) is 0.667. The largest absolute Gasteiger partial charge is 0.381 e. The van der Waals surface area contributed by atoms with Gasteiger partial charge >= 0.3 is 0 Å². The van der Waals surface area contributed by atoms with Crippen molar-refractivity contribution in [2.75, 3.05) is 13.2 Å². The summed E-state index contributed by atoms with van der Waals surface area (Å²) in [4.78, 5) is 17.8. The Kier molecular flexibility index (Phi) is 3.61. The fourth-order valence-corrected chi connectivity index (χ4v) is 2.88. The standard InChI is InChI=1S/C12H18N2O2S/c1-8-9(2)17-11(14-8)7-10(15)12(13)3-5-16-6-4-12/h3-7,13H2,1-2H3. The van der Waals surface area contributed by atoms with Gasteiger partial charge in [-0.3, -0.25) is 4.79 Å². The molecule has 4 nitrogen and oxygen atoms in total. The number of carbonyl (C=O) groups is 1. The topological polar surface area (TPSA) is 65.2 Å². The van der Waals surface area contributed by atoms with E-state index in [2.05, 4.69) is 4.98 Å². The molecule has 0 amide bonds. The monoisotopic (exact) mass is 254 g/mol. The van der Waals surface area contributed by atoms with E-state index in [0.29, 0.717) is 32.5 Å². The first-order chi connectivity index (χ1) is 8.01. The maximum absolute atomic E-state index is 12.2. The van der Waals surface area contributed by atoms with Crippen LogP contribution in [0.15, 0.2) is 0 Å². The van der Waals surface area contributed by atoms with Crippen LogP contribution in [0.2, 0.25) is 0 Å². The van der Waals surface area contributed by atoms with Gasteiger partial charge in [-0.25, -0.2) is 4.98 Å². The number of thiazole rings is 1. The SMILES string of the molecule is Cc1nc(CC(=O)C2(N)CCOCC2)sc1C. The van der Waals surface area contributed by atoms with E-state index in [1.54, 1.807) is 11.3 Å². The summed E-state index contributed by atoms with van der Waals surface area (Å²) in [6.45, 7) is 5.15. The second-order valence-corrected chi connectivity index (χ2v) is 5.91. The number of carbonyl (C=O) groups excluding carboxylic acids is 1. The van der Waals surface area contributed by atoms with Gasteiger partial charge in [-0.1, -0.05) is 0 Å². The zero-order valence-corrected chi connectivity index (χ0v) is 11.1. The lowest BCUT2D eigenvalue weighted by Gasteiger charge is -2.31. The molecule has 1 aliphatic heterocycles. The van der Waals surface area contributed by atoms with Crippen molar-refractivity contribution < 1.29 is 9.53 Å². The number of ether oxygens (including phenoxy) is 1. The van der Waals surface area contributed by atoms with E-state index in [-0.39, 0.29) is 5.78 Å². The van der Waals surface area contributed by atoms with E-state index in [1.807, 2.05) is 13.8 Å². The molecule has 2 N–H and O–H groups in total. The lowest BCUT2D eigenvalue weighted by atomic mass is 9.85. The van der Waals surface area contributed by atoms with Crippen molar-refractivity contribution in [3.63, 3.8) is 0 Å². The summed E-state index contributed by atoms with van der Waals surface area (Å²) in [5, 5.41) is 0.876. The van der Waals surface area contributed by atoms with Crippen LogP contribution in [0.4, 0.5) is 0 Å². The predicted molar refractivity (Wildman–Crippen MR) is 67.3 cm³/mol. The number of Topliss-reactive ketones (excluding diaryl/α,β-unsaturated/α-hetero) is 1. The molecule has 1 aliphatic rings. The molecule has 1 saturated heterocycles. The van der Waals surface area contributed by atoms with Crippen LogP contribution in [-0.2, 0) is 16.0 Å². The van der Waals surface area contributed by atoms with Crippen LogP contribution >= 0.6 is 11.3 Å². The lowest BCUT2D eigenvalue weighted by molar-refractivity contribution is -0.126. The van der Waals surface area contributed by atoms with E-state index in [4.69, 9.17) is 10.5 Å². The van der Waals surface area contributed by atoms with Crippen LogP contribution in [0.1, 0.15) is 28.4 Å². The zero-order valence-electron chi connectivity index (χ0n) is 10.3. The average molecular weight is 254 g/mol. The van der Waals surface area contributed by atoms with Crippen molar-refractivity contribution in [3.05, 3.63) is 15.6 Å². The first-order valence-electron chi connectivity index (χ1n) is 5.84. The number of hydrogen-bond acceptors (Lipinski definition) is 5. The summed E-state index contributed by atoms with van der Waals surface area (Å²) in [5.41, 5.74) is 6.45. The molecule has 2 rings (SSSR count). The van der Waals surface area contributed by atoms with Gasteiger partial charge in [0.2, 0.25) is 0 Å². The summed E-state index contributed by atoms with van der Waals surface area (Å²) in [7, 11) is 0. The molecule has 1 aromatic heterocycles. The van der Waals surface area contributed by atoms with Gasteiger partial charge in [-0.05, 0) is 26.7 Å². The van der Waals surface area contributed by atoms with Crippen molar-refractivity contribution in [3.8, 4) is 0 Å². The fourth-order valence-electron chi connectivity index (χ4n) is 1.94. The number of hydrogen-bond donors (Lipinski definition) is 1. The summed E-state index contributed by atoms with van der Waals surface area (Å²) < 4.78 is 5.24. The predicted octanol–water partition coefficient (Wildman–Crippen LogP) is 1.38. The van der Waals surface area contributed by atoms with Gasteiger partial charge in [0, 0.05) is 18.1 Å². The number of aromatic nitrogens is 1. The van der Waals surface area contributed by atoms with Gasteiger partial charge in [-0.15, -0.1) is 11.3 Å². The van der Waals surface area contributed by atoms with Crippen LogP contribution in [0.3, 0.4) is 0 Å². The molecule has 94 valence electrons. The van der Waals surface area contributed by atoms with E-state index in [9.17, 15) is 4.79 Å². The highest BCUT2D eigenvalue weighted by Gasteiger charge is 2.35. The molecule has 1 fully saturated rings. The highest BCUT2D eigenvalue weighted by molar-refractivity contribution is 7.11. The van der Waals surface area contributed by atoms with Gasteiger partial charge in [0.15, 0.2) is 5.78 Å². The third-order valence-electron chi connectivity index (χ3n) is 3.32. The van der Waals surface area contributed by atoms with E-state index < -0.39 is 5.54 Å². The molecule has 0 saturated carbocycles. The minimum absolute atomic E-state index is 0.0922. The van der Waals surface area contributed by atoms with Gasteiger partial charge in [0.1, 0.15) is 5.01 Å². The summed E-state index contributed by atoms with van der Waals surface area (Å²) >= 11 is 1.59. The number of nitrogens with two attached hydrogens (primary N) is 1. The summed E-state index contributed by atoms with van der Waals surface area (Å²) in [6.07, 6.45) is 1.60. The maximum atomic E-state index is 12.2. The van der Waals surface area contributed by atoms with Crippen molar-refractivity contribution in [1.29, 1.82) is 0 Å². The quantitative estimate of drug-likeness (QED) is 0.885. The maximum Gasteiger partial charge on any atom is 0.159 e. The molecule has 17 heavy (non-hydrogen) atoms. The van der Waals surface area contributed by atoms with Crippen molar-refractivity contribution in [1.82, 2.24) is 4.98 Å². The number of nitrogens with zero attached hydrogens (tertiary/aromatic N) is 1. The number of ketones is 1. The van der Waals surface area contributed by atoms with Gasteiger partial charge in [-0.2, -0.15) is 0 Å².